The van der Waals surface area contributed by atoms with Gasteiger partial charge in [0.25, 0.3) is 5.91 Å². The van der Waals surface area contributed by atoms with Crippen molar-refractivity contribution in [2.24, 2.45) is 5.92 Å². The first-order valence-corrected chi connectivity index (χ1v) is 11.7. The Morgan fingerprint density at radius 3 is 2.67 bits per heavy atom. The molecule has 0 aliphatic carbocycles. The number of rotatable bonds is 3. The third kappa shape index (κ3) is 3.85. The second-order valence-corrected chi connectivity index (χ2v) is 9.52. The Kier molecular flexibility index (Phi) is 5.54. The molecule has 1 aromatic carbocycles. The summed E-state index contributed by atoms with van der Waals surface area (Å²) in [7, 11) is 0. The van der Waals surface area contributed by atoms with Gasteiger partial charge in [0.1, 0.15) is 23.0 Å². The van der Waals surface area contributed by atoms with E-state index in [1.165, 1.54) is 13.0 Å². The van der Waals surface area contributed by atoms with E-state index < -0.39 is 23.1 Å². The van der Waals surface area contributed by atoms with Crippen molar-refractivity contribution in [1.82, 2.24) is 19.5 Å². The molecule has 2 unspecified atom stereocenters. The Labute approximate surface area is 192 Å². The van der Waals surface area contributed by atoms with Crippen molar-refractivity contribution in [3.05, 3.63) is 58.4 Å². The second kappa shape index (κ2) is 8.39. The van der Waals surface area contributed by atoms with E-state index in [4.69, 9.17) is 10.1 Å². The van der Waals surface area contributed by atoms with Gasteiger partial charge in [0.15, 0.2) is 5.65 Å². The van der Waals surface area contributed by atoms with Gasteiger partial charge in [-0.25, -0.2) is 18.3 Å². The van der Waals surface area contributed by atoms with E-state index >= 15 is 0 Å². The summed E-state index contributed by atoms with van der Waals surface area (Å²) in [4.78, 5) is 22.1. The summed E-state index contributed by atoms with van der Waals surface area (Å²) in [6, 6.07) is 4.07. The average molecular weight is 454 g/mol. The summed E-state index contributed by atoms with van der Waals surface area (Å²) >= 11 is 0. The Morgan fingerprint density at radius 2 is 1.91 bits per heavy atom. The molecule has 2 aromatic heterocycles. The molecule has 1 amide bonds. The Bertz CT molecular complexity index is 1220. The van der Waals surface area contributed by atoms with E-state index in [2.05, 4.69) is 11.8 Å². The number of amides is 1. The molecule has 4 heterocycles. The Hall–Kier alpha value is -3.03. The number of aryl methyl sites for hydroxylation is 2. The zero-order valence-electron chi connectivity index (χ0n) is 19.3. The number of carbonyl (C=O) groups is 1. The van der Waals surface area contributed by atoms with Gasteiger partial charge in [-0.05, 0) is 57.1 Å². The third-order valence-electron chi connectivity index (χ3n) is 6.95. The number of piperidine rings is 1. The van der Waals surface area contributed by atoms with E-state index in [0.29, 0.717) is 24.6 Å². The minimum Gasteiger partial charge on any atom is -0.356 e. The summed E-state index contributed by atoms with van der Waals surface area (Å²) in [5.41, 5.74) is 2.24. The molecule has 174 valence electrons. The lowest BCUT2D eigenvalue weighted by Crippen LogP contribution is -2.39. The lowest BCUT2D eigenvalue weighted by molar-refractivity contribution is 0.0595. The van der Waals surface area contributed by atoms with Crippen molar-refractivity contribution in [3.63, 3.8) is 0 Å². The van der Waals surface area contributed by atoms with Gasteiger partial charge in [-0.2, -0.15) is 5.10 Å². The van der Waals surface area contributed by atoms with Crippen LogP contribution in [0.25, 0.3) is 5.65 Å². The van der Waals surface area contributed by atoms with Gasteiger partial charge in [0.2, 0.25) is 0 Å². The highest BCUT2D eigenvalue weighted by molar-refractivity contribution is 5.95. The highest BCUT2D eigenvalue weighted by atomic mass is 19.1. The van der Waals surface area contributed by atoms with Crippen LogP contribution in [-0.2, 0) is 0 Å². The van der Waals surface area contributed by atoms with Crippen LogP contribution in [0.1, 0.15) is 65.8 Å². The molecule has 0 bridgehead atoms. The maximum atomic E-state index is 14.7. The lowest BCUT2D eigenvalue weighted by atomic mass is 9.97. The van der Waals surface area contributed by atoms with Crippen LogP contribution in [0.3, 0.4) is 0 Å². The fourth-order valence-electron chi connectivity index (χ4n) is 5.11. The monoisotopic (exact) mass is 453 g/mol. The molecule has 33 heavy (non-hydrogen) atoms. The van der Waals surface area contributed by atoms with Crippen molar-refractivity contribution in [2.75, 3.05) is 24.5 Å². The van der Waals surface area contributed by atoms with Gasteiger partial charge in [-0.15, -0.1) is 0 Å². The molecule has 2 atom stereocenters. The Balaban J connectivity index is 1.50. The smallest absolute Gasteiger partial charge is 0.260 e. The predicted molar refractivity (Wildman–Crippen MR) is 122 cm³/mol. The van der Waals surface area contributed by atoms with Crippen molar-refractivity contribution in [1.29, 1.82) is 0 Å². The topological polar surface area (TPSA) is 53.7 Å². The van der Waals surface area contributed by atoms with Gasteiger partial charge >= 0.3 is 0 Å². The standard InChI is InChI=1S/C25H29F2N5O/c1-15-9-11-30(13-15)24-17(3)14-32-21(28-24)12-19(29-32)20-6-4-5-10-31(20)25(33)22-18(26)8-7-16(2)23(22)27/h7-8,12,14-15,20H,4-6,9-11,13H2,1-3H3. The quantitative estimate of drug-likeness (QED) is 0.570. The maximum absolute atomic E-state index is 14.7. The van der Waals surface area contributed by atoms with E-state index in [1.54, 1.807) is 9.42 Å². The van der Waals surface area contributed by atoms with Gasteiger partial charge in [-0.3, -0.25) is 4.79 Å². The molecule has 2 aliphatic heterocycles. The van der Waals surface area contributed by atoms with Crippen LogP contribution < -0.4 is 4.90 Å². The Morgan fingerprint density at radius 1 is 1.09 bits per heavy atom. The summed E-state index contributed by atoms with van der Waals surface area (Å²) in [6.07, 6.45) is 5.53. The van der Waals surface area contributed by atoms with E-state index in [1.807, 2.05) is 19.2 Å². The average Bonchev–Trinajstić information content (AvgIpc) is 3.41. The molecule has 0 spiro atoms. The third-order valence-corrected chi connectivity index (χ3v) is 6.95. The van der Waals surface area contributed by atoms with E-state index in [9.17, 15) is 13.6 Å². The number of hydrogen-bond acceptors (Lipinski definition) is 4. The number of nitrogens with zero attached hydrogens (tertiary/aromatic N) is 5. The summed E-state index contributed by atoms with van der Waals surface area (Å²) in [5, 5.41) is 4.72. The molecule has 5 rings (SSSR count). The summed E-state index contributed by atoms with van der Waals surface area (Å²) in [5.74, 6) is -0.623. The molecule has 3 aromatic rings. The van der Waals surface area contributed by atoms with Crippen LogP contribution >= 0.6 is 0 Å². The van der Waals surface area contributed by atoms with Gasteiger partial charge in [-0.1, -0.05) is 13.0 Å². The van der Waals surface area contributed by atoms with E-state index in [0.717, 1.165) is 55.4 Å². The number of fused-ring (bicyclic) bond motifs is 1. The van der Waals surface area contributed by atoms with Gasteiger partial charge in [0.05, 0.1) is 11.7 Å². The molecule has 0 saturated carbocycles. The molecule has 2 saturated heterocycles. The fourth-order valence-corrected chi connectivity index (χ4v) is 5.11. The molecule has 2 fully saturated rings. The normalized spacial score (nSPS) is 21.2. The SMILES string of the molecule is Cc1cn2nc(C3CCCCN3C(=O)c3c(F)ccc(C)c3F)cc2nc1N1CCC(C)C1. The van der Waals surface area contributed by atoms with Gasteiger partial charge < -0.3 is 9.80 Å². The van der Waals surface area contributed by atoms with Crippen molar-refractivity contribution in [2.45, 2.75) is 52.5 Å². The maximum Gasteiger partial charge on any atom is 0.260 e. The second-order valence-electron chi connectivity index (χ2n) is 9.52. The zero-order valence-corrected chi connectivity index (χ0v) is 19.3. The molecular weight excluding hydrogens is 424 g/mol. The van der Waals surface area contributed by atoms with Crippen LogP contribution in [0.4, 0.5) is 14.6 Å². The molecule has 8 heteroatoms. The molecule has 2 aliphatic rings. The minimum absolute atomic E-state index is 0.254. The number of benzene rings is 1. The first-order chi connectivity index (χ1) is 15.8. The molecule has 6 nitrogen and oxygen atoms in total. The van der Waals surface area contributed by atoms with Crippen LogP contribution in [0.2, 0.25) is 0 Å². The first-order valence-electron chi connectivity index (χ1n) is 11.7. The number of anilines is 1. The number of carbonyl (C=O) groups excluding carboxylic acids is 1. The number of likely N-dealkylation sites (tertiary alicyclic amines) is 1. The fraction of sp³-hybridized carbons (Fsp3) is 0.480. The summed E-state index contributed by atoms with van der Waals surface area (Å²) in [6.45, 7) is 8.24. The minimum atomic E-state index is -0.829. The van der Waals surface area contributed by atoms with Crippen LogP contribution in [0.15, 0.2) is 24.4 Å². The molecule has 0 radical (unpaired) electrons. The van der Waals surface area contributed by atoms with Crippen LogP contribution in [0, 0.1) is 31.4 Å². The van der Waals surface area contributed by atoms with Crippen molar-refractivity contribution in [3.8, 4) is 0 Å². The highest BCUT2D eigenvalue weighted by Crippen LogP contribution is 2.34. The van der Waals surface area contributed by atoms with Crippen molar-refractivity contribution >= 4 is 17.4 Å². The lowest BCUT2D eigenvalue weighted by Gasteiger charge is -2.35. The van der Waals surface area contributed by atoms with Crippen LogP contribution in [0.5, 0.6) is 0 Å². The largest absolute Gasteiger partial charge is 0.356 e. The van der Waals surface area contributed by atoms with E-state index in [-0.39, 0.29) is 11.6 Å². The van der Waals surface area contributed by atoms with Crippen LogP contribution in [-0.4, -0.2) is 45.0 Å². The van der Waals surface area contributed by atoms with Crippen molar-refractivity contribution < 1.29 is 13.6 Å². The van der Waals surface area contributed by atoms with Gasteiger partial charge in [0, 0.05) is 37.5 Å². The number of hydrogen-bond donors (Lipinski definition) is 0. The molecular formula is C25H29F2N5O. The highest BCUT2D eigenvalue weighted by Gasteiger charge is 2.34. The molecule has 0 N–H and O–H groups in total. The number of halogens is 2. The number of aromatic nitrogens is 3. The predicted octanol–water partition coefficient (Wildman–Crippen LogP) is 4.84. The first kappa shape index (κ1) is 21.8. The summed E-state index contributed by atoms with van der Waals surface area (Å²) < 4.78 is 30.9. The zero-order chi connectivity index (χ0) is 23.3.